The highest BCUT2D eigenvalue weighted by Gasteiger charge is 2.11. The summed E-state index contributed by atoms with van der Waals surface area (Å²) in [6, 6.07) is 19.2. The summed E-state index contributed by atoms with van der Waals surface area (Å²) in [5, 5.41) is 3.63. The fourth-order valence-corrected chi connectivity index (χ4v) is 2.36. The predicted octanol–water partition coefficient (Wildman–Crippen LogP) is 4.91. The molecule has 0 radical (unpaired) electrons. The van der Waals surface area contributed by atoms with Gasteiger partial charge < -0.3 is 10.1 Å². The second kappa shape index (κ2) is 7.72. The SMILES string of the molecule is CCC(Cc1ccccc1)Nc1ccccc1OC(C)C. The average molecular weight is 283 g/mol. The Hall–Kier alpha value is -1.96. The van der Waals surface area contributed by atoms with Gasteiger partial charge in [-0.05, 0) is 44.4 Å². The van der Waals surface area contributed by atoms with Crippen LogP contribution in [0.2, 0.25) is 0 Å². The Bertz CT molecular complexity index is 536. The van der Waals surface area contributed by atoms with Crippen LogP contribution in [0.15, 0.2) is 54.6 Å². The van der Waals surface area contributed by atoms with Gasteiger partial charge in [-0.15, -0.1) is 0 Å². The zero-order chi connectivity index (χ0) is 15.1. The lowest BCUT2D eigenvalue weighted by atomic mass is 10.0. The van der Waals surface area contributed by atoms with E-state index < -0.39 is 0 Å². The molecule has 1 unspecified atom stereocenters. The van der Waals surface area contributed by atoms with Crippen LogP contribution in [0, 0.1) is 0 Å². The monoisotopic (exact) mass is 283 g/mol. The zero-order valence-corrected chi connectivity index (χ0v) is 13.2. The molecular formula is C19H25NO. The first-order chi connectivity index (χ1) is 10.2. The number of nitrogens with one attached hydrogen (secondary N) is 1. The number of rotatable bonds is 7. The summed E-state index contributed by atoms with van der Waals surface area (Å²) in [6.07, 6.45) is 2.28. The number of hydrogen-bond donors (Lipinski definition) is 1. The van der Waals surface area contributed by atoms with E-state index >= 15 is 0 Å². The molecule has 2 heteroatoms. The molecule has 0 saturated heterocycles. The van der Waals surface area contributed by atoms with Crippen LogP contribution in [-0.2, 0) is 6.42 Å². The van der Waals surface area contributed by atoms with Gasteiger partial charge >= 0.3 is 0 Å². The first kappa shape index (κ1) is 15.4. The van der Waals surface area contributed by atoms with Crippen molar-refractivity contribution in [2.45, 2.75) is 45.8 Å². The zero-order valence-electron chi connectivity index (χ0n) is 13.2. The van der Waals surface area contributed by atoms with Crippen LogP contribution in [0.3, 0.4) is 0 Å². The topological polar surface area (TPSA) is 21.3 Å². The minimum Gasteiger partial charge on any atom is -0.489 e. The average Bonchev–Trinajstić information content (AvgIpc) is 2.49. The normalized spacial score (nSPS) is 12.2. The van der Waals surface area contributed by atoms with Crippen molar-refractivity contribution in [1.29, 1.82) is 0 Å². The first-order valence-corrected chi connectivity index (χ1v) is 7.75. The third-order valence-corrected chi connectivity index (χ3v) is 3.43. The summed E-state index contributed by atoms with van der Waals surface area (Å²) < 4.78 is 5.88. The van der Waals surface area contributed by atoms with Gasteiger partial charge in [-0.3, -0.25) is 0 Å². The van der Waals surface area contributed by atoms with Crippen molar-refractivity contribution < 1.29 is 4.74 Å². The van der Waals surface area contributed by atoms with Crippen LogP contribution in [0.4, 0.5) is 5.69 Å². The van der Waals surface area contributed by atoms with Gasteiger partial charge in [0.05, 0.1) is 11.8 Å². The van der Waals surface area contributed by atoms with Crippen molar-refractivity contribution in [2.24, 2.45) is 0 Å². The molecule has 0 saturated carbocycles. The Kier molecular flexibility index (Phi) is 5.68. The molecule has 0 aliphatic rings. The fraction of sp³-hybridized carbons (Fsp3) is 0.368. The van der Waals surface area contributed by atoms with Crippen LogP contribution in [0.25, 0.3) is 0 Å². The quantitative estimate of drug-likeness (QED) is 0.779. The van der Waals surface area contributed by atoms with E-state index in [1.807, 2.05) is 18.2 Å². The van der Waals surface area contributed by atoms with E-state index in [1.165, 1.54) is 5.56 Å². The van der Waals surface area contributed by atoms with Crippen LogP contribution in [0.1, 0.15) is 32.8 Å². The van der Waals surface area contributed by atoms with Gasteiger partial charge in [0.15, 0.2) is 0 Å². The Balaban J connectivity index is 2.08. The molecule has 0 aliphatic heterocycles. The van der Waals surface area contributed by atoms with Gasteiger partial charge in [-0.1, -0.05) is 49.4 Å². The predicted molar refractivity (Wildman–Crippen MR) is 90.1 cm³/mol. The number of anilines is 1. The lowest BCUT2D eigenvalue weighted by Gasteiger charge is -2.21. The summed E-state index contributed by atoms with van der Waals surface area (Å²) >= 11 is 0. The highest BCUT2D eigenvalue weighted by atomic mass is 16.5. The Morgan fingerprint density at radius 3 is 2.29 bits per heavy atom. The second-order valence-electron chi connectivity index (χ2n) is 5.60. The van der Waals surface area contributed by atoms with Crippen LogP contribution in [-0.4, -0.2) is 12.1 Å². The maximum Gasteiger partial charge on any atom is 0.142 e. The molecule has 1 N–H and O–H groups in total. The maximum atomic E-state index is 5.88. The van der Waals surface area contributed by atoms with Gasteiger partial charge in [0.25, 0.3) is 0 Å². The summed E-state index contributed by atoms with van der Waals surface area (Å²) in [4.78, 5) is 0. The molecule has 21 heavy (non-hydrogen) atoms. The lowest BCUT2D eigenvalue weighted by molar-refractivity contribution is 0.243. The minimum atomic E-state index is 0.183. The molecular weight excluding hydrogens is 258 g/mol. The molecule has 1 atom stereocenters. The Morgan fingerprint density at radius 1 is 0.952 bits per heavy atom. The van der Waals surface area contributed by atoms with Crippen molar-refractivity contribution in [3.63, 3.8) is 0 Å². The van der Waals surface area contributed by atoms with Crippen molar-refractivity contribution in [1.82, 2.24) is 0 Å². The molecule has 0 aliphatic carbocycles. The van der Waals surface area contributed by atoms with Gasteiger partial charge in [0.1, 0.15) is 5.75 Å². The third-order valence-electron chi connectivity index (χ3n) is 3.43. The minimum absolute atomic E-state index is 0.183. The van der Waals surface area contributed by atoms with Crippen molar-refractivity contribution in [3.8, 4) is 5.75 Å². The molecule has 0 heterocycles. The molecule has 2 rings (SSSR count). The summed E-state index contributed by atoms with van der Waals surface area (Å²) in [5.41, 5.74) is 2.44. The second-order valence-corrected chi connectivity index (χ2v) is 5.60. The van der Waals surface area contributed by atoms with Gasteiger partial charge in [-0.25, -0.2) is 0 Å². The van der Waals surface area contributed by atoms with E-state index in [0.29, 0.717) is 6.04 Å². The first-order valence-electron chi connectivity index (χ1n) is 7.75. The smallest absolute Gasteiger partial charge is 0.142 e. The van der Waals surface area contributed by atoms with Crippen LogP contribution in [0.5, 0.6) is 5.75 Å². The van der Waals surface area contributed by atoms with Gasteiger partial charge in [-0.2, -0.15) is 0 Å². The molecule has 2 aromatic rings. The van der Waals surface area contributed by atoms with Crippen molar-refractivity contribution >= 4 is 5.69 Å². The highest BCUT2D eigenvalue weighted by Crippen LogP contribution is 2.26. The summed E-state index contributed by atoms with van der Waals surface area (Å²) in [6.45, 7) is 6.32. The van der Waals surface area contributed by atoms with Crippen molar-refractivity contribution in [3.05, 3.63) is 60.2 Å². The standard InChI is InChI=1S/C19H25NO/c1-4-17(14-16-10-6-5-7-11-16)20-18-12-8-9-13-19(18)21-15(2)3/h5-13,15,17,20H,4,14H2,1-3H3. The fourth-order valence-electron chi connectivity index (χ4n) is 2.36. The third kappa shape index (κ3) is 4.82. The van der Waals surface area contributed by atoms with Gasteiger partial charge in [0, 0.05) is 6.04 Å². The van der Waals surface area contributed by atoms with Crippen molar-refractivity contribution in [2.75, 3.05) is 5.32 Å². The molecule has 112 valence electrons. The maximum absolute atomic E-state index is 5.88. The molecule has 0 spiro atoms. The molecule has 2 aromatic carbocycles. The largest absolute Gasteiger partial charge is 0.489 e. The number of para-hydroxylation sites is 2. The Morgan fingerprint density at radius 2 is 1.62 bits per heavy atom. The van der Waals surface area contributed by atoms with Gasteiger partial charge in [0.2, 0.25) is 0 Å². The molecule has 0 bridgehead atoms. The van der Waals surface area contributed by atoms with E-state index in [0.717, 1.165) is 24.3 Å². The number of hydrogen-bond acceptors (Lipinski definition) is 2. The van der Waals surface area contributed by atoms with E-state index in [4.69, 9.17) is 4.74 Å². The van der Waals surface area contributed by atoms with E-state index in [1.54, 1.807) is 0 Å². The lowest BCUT2D eigenvalue weighted by Crippen LogP contribution is -2.22. The Labute approximate surface area is 128 Å². The van der Waals surface area contributed by atoms with Crippen LogP contribution < -0.4 is 10.1 Å². The van der Waals surface area contributed by atoms with Crippen LogP contribution >= 0.6 is 0 Å². The summed E-state index contributed by atoms with van der Waals surface area (Å²) in [7, 11) is 0. The molecule has 0 amide bonds. The number of ether oxygens (including phenoxy) is 1. The summed E-state index contributed by atoms with van der Waals surface area (Å²) in [5.74, 6) is 0.930. The van der Waals surface area contributed by atoms with E-state index in [9.17, 15) is 0 Å². The number of benzene rings is 2. The molecule has 0 aromatic heterocycles. The van der Waals surface area contributed by atoms with E-state index in [-0.39, 0.29) is 6.10 Å². The molecule has 2 nitrogen and oxygen atoms in total. The van der Waals surface area contributed by atoms with E-state index in [2.05, 4.69) is 62.5 Å². The molecule has 0 fully saturated rings. The highest BCUT2D eigenvalue weighted by molar-refractivity contribution is 5.57.